The van der Waals surface area contributed by atoms with Gasteiger partial charge >= 0.3 is 12.2 Å². The number of nitrogens with one attached hydrogen (secondary N) is 1. The maximum absolute atomic E-state index is 12.6. The first kappa shape index (κ1) is 26.4. The molecule has 5 atom stereocenters. The lowest BCUT2D eigenvalue weighted by molar-refractivity contribution is -0.0313. The van der Waals surface area contributed by atoms with Gasteiger partial charge in [0.15, 0.2) is 0 Å². The van der Waals surface area contributed by atoms with Crippen LogP contribution in [0.2, 0.25) is 0 Å². The first-order valence-electron chi connectivity index (χ1n) is 12.8. The molecule has 0 aromatic heterocycles. The number of amides is 2. The molecule has 0 aliphatic heterocycles. The molecule has 35 heavy (non-hydrogen) atoms. The summed E-state index contributed by atoms with van der Waals surface area (Å²) < 4.78 is 11.5. The van der Waals surface area contributed by atoms with Gasteiger partial charge in [0.2, 0.25) is 0 Å². The fraction of sp³-hybridized carbons (Fsp3) is 0.692. The molecule has 9 heteroatoms. The molecular weight excluding hydrogens is 489 g/mol. The van der Waals surface area contributed by atoms with Gasteiger partial charge in [-0.3, -0.25) is 0 Å². The molecule has 0 radical (unpaired) electrons. The lowest BCUT2D eigenvalue weighted by Crippen LogP contribution is -2.46. The van der Waals surface area contributed by atoms with Crippen LogP contribution in [0.5, 0.6) is 5.75 Å². The Hall–Kier alpha value is -1.70. The predicted octanol–water partition coefficient (Wildman–Crippen LogP) is 4.87. The van der Waals surface area contributed by atoms with Crippen LogP contribution in [0, 0.1) is 17.3 Å². The SMILES string of the molecule is CC12CCC3c4ccc(OC(=O)N(CCCl)CCCl)cc4CCC3C1CCC2OC(=O)NCCN. The van der Waals surface area contributed by atoms with Crippen LogP contribution < -0.4 is 15.8 Å². The number of halogens is 2. The number of alkyl halides is 2. The van der Waals surface area contributed by atoms with E-state index in [1.807, 2.05) is 12.1 Å². The number of alkyl carbamates (subject to hydrolysis) is 1. The first-order valence-corrected chi connectivity index (χ1v) is 13.8. The van der Waals surface area contributed by atoms with Gasteiger partial charge in [0, 0.05) is 43.4 Å². The molecule has 194 valence electrons. The summed E-state index contributed by atoms with van der Waals surface area (Å²) in [6, 6.07) is 6.09. The van der Waals surface area contributed by atoms with E-state index < -0.39 is 6.09 Å². The topological polar surface area (TPSA) is 93.9 Å². The number of hydrogen-bond donors (Lipinski definition) is 2. The molecule has 0 spiro atoms. The van der Waals surface area contributed by atoms with Gasteiger partial charge in [-0.05, 0) is 79.5 Å². The van der Waals surface area contributed by atoms with Crippen LogP contribution in [0.3, 0.4) is 0 Å². The Bertz CT molecular complexity index is 911. The van der Waals surface area contributed by atoms with E-state index in [-0.39, 0.29) is 17.6 Å². The van der Waals surface area contributed by atoms with E-state index in [1.54, 1.807) is 0 Å². The van der Waals surface area contributed by atoms with Gasteiger partial charge in [0.25, 0.3) is 0 Å². The van der Waals surface area contributed by atoms with Crippen LogP contribution in [0.15, 0.2) is 18.2 Å². The molecule has 7 nitrogen and oxygen atoms in total. The number of fused-ring (bicyclic) bond motifs is 5. The summed E-state index contributed by atoms with van der Waals surface area (Å²) in [7, 11) is 0. The largest absolute Gasteiger partial charge is 0.446 e. The Balaban J connectivity index is 1.44. The number of carbonyl (C=O) groups excluding carboxylic acids is 2. The maximum Gasteiger partial charge on any atom is 0.415 e. The van der Waals surface area contributed by atoms with Gasteiger partial charge in [0.1, 0.15) is 11.9 Å². The minimum absolute atomic E-state index is 0.0164. The molecule has 3 N–H and O–H groups in total. The highest BCUT2D eigenvalue weighted by atomic mass is 35.5. The summed E-state index contributed by atoms with van der Waals surface area (Å²) in [6.07, 6.45) is 5.38. The number of hydrogen-bond acceptors (Lipinski definition) is 5. The number of carbonyl (C=O) groups is 2. The minimum Gasteiger partial charge on any atom is -0.446 e. The average Bonchev–Trinajstić information content (AvgIpc) is 3.18. The second-order valence-corrected chi connectivity index (χ2v) is 11.0. The Labute approximate surface area is 218 Å². The van der Waals surface area contributed by atoms with Crippen molar-refractivity contribution < 1.29 is 19.1 Å². The quantitative estimate of drug-likeness (QED) is 0.472. The Morgan fingerprint density at radius 1 is 1.17 bits per heavy atom. The molecule has 2 fully saturated rings. The number of aryl methyl sites for hydroxylation is 1. The summed E-state index contributed by atoms with van der Waals surface area (Å²) in [5, 5.41) is 2.74. The lowest BCUT2D eigenvalue weighted by Gasteiger charge is -2.50. The number of rotatable bonds is 8. The van der Waals surface area contributed by atoms with Gasteiger partial charge < -0.3 is 25.4 Å². The third kappa shape index (κ3) is 5.52. The molecule has 0 saturated heterocycles. The standard InChI is InChI=1S/C26H37Cl2N3O4/c1-26-9-8-20-19-5-3-18(34-25(33)31(14-10-27)15-11-28)16-17(19)2-4-21(20)22(26)6-7-23(26)35-24(32)30-13-12-29/h3,5,16,20-23H,2,4,6-15,29H2,1H3,(H,30,32). The molecule has 1 aromatic rings. The van der Waals surface area contributed by atoms with E-state index in [2.05, 4.69) is 18.3 Å². The molecule has 0 heterocycles. The summed E-state index contributed by atoms with van der Waals surface area (Å²) in [4.78, 5) is 26.3. The van der Waals surface area contributed by atoms with E-state index in [4.69, 9.17) is 38.4 Å². The van der Waals surface area contributed by atoms with E-state index >= 15 is 0 Å². The van der Waals surface area contributed by atoms with Crippen LogP contribution in [-0.4, -0.2) is 61.1 Å². The average molecular weight is 527 g/mol. The first-order chi connectivity index (χ1) is 16.9. The van der Waals surface area contributed by atoms with E-state index in [0.29, 0.717) is 61.4 Å². The number of benzene rings is 1. The van der Waals surface area contributed by atoms with Crippen molar-refractivity contribution in [1.29, 1.82) is 0 Å². The zero-order valence-corrected chi connectivity index (χ0v) is 22.0. The molecule has 1 aromatic carbocycles. The fourth-order valence-electron chi connectivity index (χ4n) is 6.78. The zero-order valence-electron chi connectivity index (χ0n) is 20.4. The Morgan fingerprint density at radius 2 is 1.94 bits per heavy atom. The van der Waals surface area contributed by atoms with Gasteiger partial charge in [-0.15, -0.1) is 23.2 Å². The van der Waals surface area contributed by atoms with Crippen LogP contribution in [0.1, 0.15) is 56.1 Å². The highest BCUT2D eigenvalue weighted by molar-refractivity contribution is 6.18. The van der Waals surface area contributed by atoms with Crippen molar-refractivity contribution in [3.05, 3.63) is 29.3 Å². The molecule has 4 rings (SSSR count). The monoisotopic (exact) mass is 525 g/mol. The van der Waals surface area contributed by atoms with E-state index in [0.717, 1.165) is 38.5 Å². The van der Waals surface area contributed by atoms with Crippen molar-refractivity contribution in [1.82, 2.24) is 10.2 Å². The third-order valence-electron chi connectivity index (χ3n) is 8.45. The molecule has 3 aliphatic carbocycles. The minimum atomic E-state index is -0.416. The normalized spacial score (nSPS) is 28.9. The zero-order chi connectivity index (χ0) is 25.0. The molecule has 2 amide bonds. The molecule has 0 bridgehead atoms. The van der Waals surface area contributed by atoms with Crippen molar-refractivity contribution >= 4 is 35.4 Å². The van der Waals surface area contributed by atoms with Crippen molar-refractivity contribution in [2.45, 2.75) is 57.5 Å². The number of nitrogens with zero attached hydrogens (tertiary/aromatic N) is 1. The van der Waals surface area contributed by atoms with E-state index in [1.165, 1.54) is 16.0 Å². The van der Waals surface area contributed by atoms with Crippen molar-refractivity contribution in [3.8, 4) is 5.75 Å². The fourth-order valence-corrected chi connectivity index (χ4v) is 7.18. The third-order valence-corrected chi connectivity index (χ3v) is 8.78. The number of nitrogens with two attached hydrogens (primary N) is 1. The summed E-state index contributed by atoms with van der Waals surface area (Å²) in [5.41, 5.74) is 8.16. The van der Waals surface area contributed by atoms with E-state index in [9.17, 15) is 9.59 Å². The van der Waals surface area contributed by atoms with Gasteiger partial charge in [-0.1, -0.05) is 13.0 Å². The summed E-state index contributed by atoms with van der Waals surface area (Å²) >= 11 is 11.6. The maximum atomic E-state index is 12.6. The molecule has 5 unspecified atom stereocenters. The van der Waals surface area contributed by atoms with Crippen molar-refractivity contribution in [3.63, 3.8) is 0 Å². The Morgan fingerprint density at radius 3 is 2.66 bits per heavy atom. The van der Waals surface area contributed by atoms with Crippen molar-refractivity contribution in [2.75, 3.05) is 37.9 Å². The molecule has 3 aliphatic rings. The van der Waals surface area contributed by atoms with Crippen LogP contribution in [-0.2, 0) is 11.2 Å². The summed E-state index contributed by atoms with van der Waals surface area (Å²) in [5.74, 6) is 2.86. The van der Waals surface area contributed by atoms with Crippen molar-refractivity contribution in [2.24, 2.45) is 23.0 Å². The second kappa shape index (κ2) is 11.6. The highest BCUT2D eigenvalue weighted by Gasteiger charge is 2.56. The summed E-state index contributed by atoms with van der Waals surface area (Å²) in [6.45, 7) is 3.96. The Kier molecular flexibility index (Phi) is 8.71. The predicted molar refractivity (Wildman–Crippen MR) is 137 cm³/mol. The van der Waals surface area contributed by atoms with Gasteiger partial charge in [-0.25, -0.2) is 9.59 Å². The van der Waals surface area contributed by atoms with Crippen LogP contribution in [0.25, 0.3) is 0 Å². The van der Waals surface area contributed by atoms with Gasteiger partial charge in [-0.2, -0.15) is 0 Å². The van der Waals surface area contributed by atoms with Crippen LogP contribution >= 0.6 is 23.2 Å². The molecular formula is C26H37Cl2N3O4. The lowest BCUT2D eigenvalue weighted by atomic mass is 9.55. The van der Waals surface area contributed by atoms with Gasteiger partial charge in [0.05, 0.1) is 0 Å². The highest BCUT2D eigenvalue weighted by Crippen LogP contribution is 2.61. The number of ether oxygens (including phenoxy) is 2. The molecule has 2 saturated carbocycles. The second-order valence-electron chi connectivity index (χ2n) is 10.2. The smallest absolute Gasteiger partial charge is 0.415 e. The van der Waals surface area contributed by atoms with Crippen LogP contribution in [0.4, 0.5) is 9.59 Å².